The SMILES string of the molecule is O=C1C(=O)N(C2CCCCC2)C(c2ccccc2)/C1=C(/O)c1c[nH]c2ccccc12. The van der Waals surface area contributed by atoms with Gasteiger partial charge in [0.2, 0.25) is 0 Å². The summed E-state index contributed by atoms with van der Waals surface area (Å²) in [4.78, 5) is 31.2. The van der Waals surface area contributed by atoms with E-state index in [1.54, 1.807) is 11.1 Å². The molecule has 1 saturated heterocycles. The summed E-state index contributed by atoms with van der Waals surface area (Å²) in [6, 6.07) is 16.6. The molecule has 2 aliphatic rings. The predicted octanol–water partition coefficient (Wildman–Crippen LogP) is 4.92. The maximum absolute atomic E-state index is 13.2. The van der Waals surface area contributed by atoms with Crippen LogP contribution >= 0.6 is 0 Å². The summed E-state index contributed by atoms with van der Waals surface area (Å²) in [6.45, 7) is 0. The molecule has 3 aromatic rings. The van der Waals surface area contributed by atoms with Crippen LogP contribution in [0.4, 0.5) is 0 Å². The first-order chi connectivity index (χ1) is 14.7. The van der Waals surface area contributed by atoms with Crippen LogP contribution in [0.1, 0.15) is 49.3 Å². The van der Waals surface area contributed by atoms with Gasteiger partial charge >= 0.3 is 0 Å². The van der Waals surface area contributed by atoms with Crippen LogP contribution in [0.2, 0.25) is 0 Å². The number of aromatic nitrogens is 1. The molecule has 5 nitrogen and oxygen atoms in total. The molecule has 0 radical (unpaired) electrons. The molecular formula is C25H24N2O3. The number of benzene rings is 2. The van der Waals surface area contributed by atoms with Gasteiger partial charge < -0.3 is 15.0 Å². The van der Waals surface area contributed by atoms with Crippen molar-refractivity contribution < 1.29 is 14.7 Å². The number of amides is 1. The summed E-state index contributed by atoms with van der Waals surface area (Å²) >= 11 is 0. The molecule has 2 aromatic carbocycles. The summed E-state index contributed by atoms with van der Waals surface area (Å²) < 4.78 is 0. The number of nitrogens with zero attached hydrogens (tertiary/aromatic N) is 1. The number of nitrogens with one attached hydrogen (secondary N) is 1. The Balaban J connectivity index is 1.69. The second kappa shape index (κ2) is 7.48. The first-order valence-electron chi connectivity index (χ1n) is 10.6. The molecular weight excluding hydrogens is 376 g/mol. The van der Waals surface area contributed by atoms with Gasteiger partial charge in [-0.05, 0) is 24.5 Å². The van der Waals surface area contributed by atoms with Crippen molar-refractivity contribution in [2.45, 2.75) is 44.2 Å². The molecule has 0 bridgehead atoms. The Hall–Kier alpha value is -3.34. The molecule has 1 aromatic heterocycles. The highest BCUT2D eigenvalue weighted by atomic mass is 16.3. The first-order valence-corrected chi connectivity index (χ1v) is 10.6. The third kappa shape index (κ3) is 2.93. The lowest BCUT2D eigenvalue weighted by Gasteiger charge is -2.35. The van der Waals surface area contributed by atoms with Crippen LogP contribution in [0.25, 0.3) is 16.7 Å². The Bertz CT molecular complexity index is 1140. The van der Waals surface area contributed by atoms with E-state index >= 15 is 0 Å². The largest absolute Gasteiger partial charge is 0.507 e. The van der Waals surface area contributed by atoms with E-state index in [2.05, 4.69) is 4.98 Å². The zero-order valence-electron chi connectivity index (χ0n) is 16.7. The number of aliphatic hydroxyl groups is 1. The number of carbonyl (C=O) groups excluding carboxylic acids is 2. The maximum Gasteiger partial charge on any atom is 0.295 e. The summed E-state index contributed by atoms with van der Waals surface area (Å²) in [6.07, 6.45) is 6.75. The van der Waals surface area contributed by atoms with Gasteiger partial charge in [0.25, 0.3) is 11.7 Å². The molecule has 2 N–H and O–H groups in total. The Morgan fingerprint density at radius 3 is 2.40 bits per heavy atom. The van der Waals surface area contributed by atoms with Crippen LogP contribution < -0.4 is 0 Å². The van der Waals surface area contributed by atoms with E-state index in [4.69, 9.17) is 0 Å². The number of H-pyrrole nitrogens is 1. The van der Waals surface area contributed by atoms with E-state index in [1.807, 2.05) is 54.6 Å². The number of aromatic amines is 1. The number of para-hydroxylation sites is 1. The number of fused-ring (bicyclic) bond motifs is 1. The number of hydrogen-bond acceptors (Lipinski definition) is 3. The van der Waals surface area contributed by atoms with E-state index in [0.717, 1.165) is 48.6 Å². The average Bonchev–Trinajstić information content (AvgIpc) is 3.34. The van der Waals surface area contributed by atoms with E-state index < -0.39 is 17.7 Å². The molecule has 1 aliphatic heterocycles. The maximum atomic E-state index is 13.2. The topological polar surface area (TPSA) is 73.4 Å². The van der Waals surface area contributed by atoms with Crippen LogP contribution in [0.3, 0.4) is 0 Å². The van der Waals surface area contributed by atoms with Crippen LogP contribution in [0.15, 0.2) is 66.4 Å². The van der Waals surface area contributed by atoms with Crippen molar-refractivity contribution in [2.75, 3.05) is 0 Å². The van der Waals surface area contributed by atoms with Crippen molar-refractivity contribution in [3.63, 3.8) is 0 Å². The molecule has 1 amide bonds. The highest BCUT2D eigenvalue weighted by molar-refractivity contribution is 6.46. The third-order valence-electron chi connectivity index (χ3n) is 6.41. The molecule has 1 aliphatic carbocycles. The number of hydrogen-bond donors (Lipinski definition) is 2. The summed E-state index contributed by atoms with van der Waals surface area (Å²) in [5.74, 6) is -1.22. The Labute approximate surface area is 175 Å². The second-order valence-corrected chi connectivity index (χ2v) is 8.16. The Kier molecular flexibility index (Phi) is 4.66. The second-order valence-electron chi connectivity index (χ2n) is 8.16. The highest BCUT2D eigenvalue weighted by Gasteiger charge is 2.48. The van der Waals surface area contributed by atoms with Crippen LogP contribution in [0, 0.1) is 0 Å². The number of likely N-dealkylation sites (tertiary alicyclic amines) is 1. The summed E-state index contributed by atoms with van der Waals surface area (Å²) in [5.41, 5.74) is 2.45. The predicted molar refractivity (Wildman–Crippen MR) is 116 cm³/mol. The monoisotopic (exact) mass is 400 g/mol. The molecule has 30 heavy (non-hydrogen) atoms. The molecule has 2 heterocycles. The van der Waals surface area contributed by atoms with Crippen molar-refractivity contribution in [3.8, 4) is 0 Å². The van der Waals surface area contributed by atoms with Crippen molar-refractivity contribution in [2.24, 2.45) is 0 Å². The fraction of sp³-hybridized carbons (Fsp3) is 0.280. The number of carbonyl (C=O) groups is 2. The average molecular weight is 400 g/mol. The minimum Gasteiger partial charge on any atom is -0.507 e. The lowest BCUT2D eigenvalue weighted by Crippen LogP contribution is -2.40. The van der Waals surface area contributed by atoms with Crippen molar-refractivity contribution >= 4 is 28.4 Å². The van der Waals surface area contributed by atoms with E-state index in [-0.39, 0.29) is 17.4 Å². The van der Waals surface area contributed by atoms with E-state index in [0.29, 0.717) is 5.56 Å². The lowest BCUT2D eigenvalue weighted by atomic mass is 9.91. The van der Waals surface area contributed by atoms with Gasteiger partial charge in [-0.15, -0.1) is 0 Å². The van der Waals surface area contributed by atoms with Gasteiger partial charge in [0.1, 0.15) is 5.76 Å². The lowest BCUT2D eigenvalue weighted by molar-refractivity contribution is -0.141. The van der Waals surface area contributed by atoms with Gasteiger partial charge in [0.05, 0.1) is 11.6 Å². The number of rotatable bonds is 3. The highest BCUT2D eigenvalue weighted by Crippen LogP contribution is 2.43. The molecule has 152 valence electrons. The van der Waals surface area contributed by atoms with Gasteiger partial charge in [-0.3, -0.25) is 9.59 Å². The zero-order chi connectivity index (χ0) is 20.7. The molecule has 0 spiro atoms. The van der Waals surface area contributed by atoms with Gasteiger partial charge in [0, 0.05) is 28.7 Å². The molecule has 1 saturated carbocycles. The van der Waals surface area contributed by atoms with Crippen LogP contribution in [0.5, 0.6) is 0 Å². The smallest absolute Gasteiger partial charge is 0.295 e. The Morgan fingerprint density at radius 2 is 1.63 bits per heavy atom. The molecule has 1 unspecified atom stereocenters. The minimum absolute atomic E-state index is 0.0219. The van der Waals surface area contributed by atoms with E-state index in [1.165, 1.54) is 0 Å². The fourth-order valence-corrected chi connectivity index (χ4v) is 4.96. The van der Waals surface area contributed by atoms with Gasteiger partial charge in [-0.2, -0.15) is 0 Å². The van der Waals surface area contributed by atoms with Crippen molar-refractivity contribution in [3.05, 3.63) is 77.5 Å². The van der Waals surface area contributed by atoms with Crippen molar-refractivity contribution in [1.29, 1.82) is 0 Å². The Morgan fingerprint density at radius 1 is 0.933 bits per heavy atom. The first kappa shape index (κ1) is 18.7. The quantitative estimate of drug-likeness (QED) is 0.372. The molecule has 1 atom stereocenters. The fourth-order valence-electron chi connectivity index (χ4n) is 4.96. The number of ketones is 1. The van der Waals surface area contributed by atoms with E-state index in [9.17, 15) is 14.7 Å². The summed E-state index contributed by atoms with van der Waals surface area (Å²) in [7, 11) is 0. The number of aliphatic hydroxyl groups excluding tert-OH is 1. The zero-order valence-corrected chi connectivity index (χ0v) is 16.7. The minimum atomic E-state index is -0.600. The molecule has 2 fully saturated rings. The number of Topliss-reactive ketones (excluding diaryl/α,β-unsaturated/α-hetero) is 1. The van der Waals surface area contributed by atoms with Gasteiger partial charge in [-0.25, -0.2) is 0 Å². The normalized spacial score (nSPS) is 22.1. The van der Waals surface area contributed by atoms with Gasteiger partial charge in [0.15, 0.2) is 0 Å². The molecule has 5 heteroatoms. The van der Waals surface area contributed by atoms with Gasteiger partial charge in [-0.1, -0.05) is 67.8 Å². The third-order valence-corrected chi connectivity index (χ3v) is 6.41. The van der Waals surface area contributed by atoms with Crippen LogP contribution in [-0.2, 0) is 9.59 Å². The standard InChI is InChI=1S/C25H24N2O3/c28-23(19-15-26-20-14-8-7-13-18(19)20)21-22(16-9-3-1-4-10-16)27(25(30)24(21)29)17-11-5-2-6-12-17/h1,3-4,7-10,13-15,17,22,26,28H,2,5-6,11-12H2/b23-21-. The van der Waals surface area contributed by atoms with Crippen molar-refractivity contribution in [1.82, 2.24) is 9.88 Å². The molecule has 5 rings (SSSR count). The van der Waals surface area contributed by atoms with Crippen LogP contribution in [-0.4, -0.2) is 32.7 Å². The summed E-state index contributed by atoms with van der Waals surface area (Å²) in [5, 5.41) is 12.1.